The molecule has 0 bridgehead atoms. The molecule has 1 atom stereocenters. The molecule has 0 aromatic heterocycles. The standard InChI is InChI=1S/C31H31NO3/c1-33-30-19-26-16-17-32-29(28(26)20-31(30)35-22-25-10-6-3-7-11-25)18-23-12-14-27(15-13-23)34-21-24-8-4-2-5-9-24/h2-15,19-20,29,32H,16-18,21-22H2,1H3. The average molecular weight is 466 g/mol. The van der Waals surface area contributed by atoms with Crippen LogP contribution in [0.1, 0.15) is 33.9 Å². The Balaban J connectivity index is 1.28. The van der Waals surface area contributed by atoms with Crippen LogP contribution >= 0.6 is 0 Å². The maximum atomic E-state index is 6.19. The summed E-state index contributed by atoms with van der Waals surface area (Å²) in [6.07, 6.45) is 1.88. The highest BCUT2D eigenvalue weighted by molar-refractivity contribution is 5.50. The summed E-state index contributed by atoms with van der Waals surface area (Å²) in [5, 5.41) is 3.70. The minimum Gasteiger partial charge on any atom is -0.493 e. The third-order valence-electron chi connectivity index (χ3n) is 6.43. The zero-order chi connectivity index (χ0) is 23.9. The number of benzene rings is 4. The molecule has 5 rings (SSSR count). The van der Waals surface area contributed by atoms with Gasteiger partial charge in [-0.1, -0.05) is 72.8 Å². The normalized spacial score (nSPS) is 14.7. The molecule has 4 aromatic carbocycles. The van der Waals surface area contributed by atoms with E-state index < -0.39 is 0 Å². The van der Waals surface area contributed by atoms with Gasteiger partial charge in [0, 0.05) is 6.04 Å². The second kappa shape index (κ2) is 11.1. The first-order chi connectivity index (χ1) is 17.3. The van der Waals surface area contributed by atoms with E-state index in [9.17, 15) is 0 Å². The van der Waals surface area contributed by atoms with Crippen LogP contribution in [0.3, 0.4) is 0 Å². The van der Waals surface area contributed by atoms with Crippen molar-refractivity contribution in [2.45, 2.75) is 32.1 Å². The molecule has 0 spiro atoms. The summed E-state index contributed by atoms with van der Waals surface area (Å²) in [5.74, 6) is 2.46. The zero-order valence-corrected chi connectivity index (χ0v) is 20.1. The molecule has 0 fully saturated rings. The van der Waals surface area contributed by atoms with Gasteiger partial charge in [0.1, 0.15) is 19.0 Å². The Hall–Kier alpha value is -3.76. The molecular formula is C31H31NO3. The number of hydrogen-bond donors (Lipinski definition) is 1. The van der Waals surface area contributed by atoms with Crippen LogP contribution in [0.5, 0.6) is 17.2 Å². The molecule has 1 N–H and O–H groups in total. The Bertz CT molecular complexity index is 1220. The van der Waals surface area contributed by atoms with Crippen LogP contribution < -0.4 is 19.5 Å². The molecule has 35 heavy (non-hydrogen) atoms. The number of methoxy groups -OCH3 is 1. The van der Waals surface area contributed by atoms with Crippen molar-refractivity contribution in [1.82, 2.24) is 5.32 Å². The van der Waals surface area contributed by atoms with Crippen LogP contribution in [0.4, 0.5) is 0 Å². The summed E-state index contributed by atoms with van der Waals surface area (Å²) in [5.41, 5.74) is 6.17. The minimum absolute atomic E-state index is 0.222. The molecule has 1 unspecified atom stereocenters. The van der Waals surface area contributed by atoms with E-state index >= 15 is 0 Å². The zero-order valence-electron chi connectivity index (χ0n) is 20.1. The number of hydrogen-bond acceptors (Lipinski definition) is 4. The first-order valence-electron chi connectivity index (χ1n) is 12.1. The lowest BCUT2D eigenvalue weighted by Gasteiger charge is -2.28. The number of nitrogens with one attached hydrogen (secondary N) is 1. The van der Waals surface area contributed by atoms with Crippen molar-refractivity contribution in [1.29, 1.82) is 0 Å². The Labute approximate surface area is 207 Å². The van der Waals surface area contributed by atoms with Crippen LogP contribution in [0.25, 0.3) is 0 Å². The third kappa shape index (κ3) is 5.84. The maximum absolute atomic E-state index is 6.19. The van der Waals surface area contributed by atoms with Gasteiger partial charge in [0.25, 0.3) is 0 Å². The lowest BCUT2D eigenvalue weighted by atomic mass is 9.90. The second-order valence-corrected chi connectivity index (χ2v) is 8.86. The molecule has 4 nitrogen and oxygen atoms in total. The molecule has 1 heterocycles. The highest BCUT2D eigenvalue weighted by Crippen LogP contribution is 2.37. The monoisotopic (exact) mass is 465 g/mol. The molecular weight excluding hydrogens is 434 g/mol. The fraction of sp³-hybridized carbons (Fsp3) is 0.226. The molecule has 4 heteroatoms. The van der Waals surface area contributed by atoms with Crippen LogP contribution in [0.2, 0.25) is 0 Å². The fourth-order valence-corrected chi connectivity index (χ4v) is 4.54. The summed E-state index contributed by atoms with van der Waals surface area (Å²) >= 11 is 0. The van der Waals surface area contributed by atoms with E-state index in [1.165, 1.54) is 22.3 Å². The maximum Gasteiger partial charge on any atom is 0.162 e. The van der Waals surface area contributed by atoms with E-state index in [4.69, 9.17) is 14.2 Å². The molecule has 0 saturated carbocycles. The average Bonchev–Trinajstić information content (AvgIpc) is 2.92. The minimum atomic E-state index is 0.222. The van der Waals surface area contributed by atoms with Crippen LogP contribution in [-0.2, 0) is 26.1 Å². The Morgan fingerprint density at radius 1 is 0.714 bits per heavy atom. The Morgan fingerprint density at radius 2 is 1.37 bits per heavy atom. The molecule has 178 valence electrons. The van der Waals surface area contributed by atoms with Crippen LogP contribution in [0, 0.1) is 0 Å². The van der Waals surface area contributed by atoms with Gasteiger partial charge < -0.3 is 19.5 Å². The molecule has 4 aromatic rings. The fourth-order valence-electron chi connectivity index (χ4n) is 4.54. The SMILES string of the molecule is COc1cc2c(cc1OCc1ccccc1)C(Cc1ccc(OCc3ccccc3)cc1)NCC2. The summed E-state index contributed by atoms with van der Waals surface area (Å²) < 4.78 is 17.8. The van der Waals surface area contributed by atoms with Gasteiger partial charge in [-0.15, -0.1) is 0 Å². The van der Waals surface area contributed by atoms with Crippen molar-refractivity contribution >= 4 is 0 Å². The van der Waals surface area contributed by atoms with Gasteiger partial charge in [-0.2, -0.15) is 0 Å². The van der Waals surface area contributed by atoms with E-state index in [1.54, 1.807) is 7.11 Å². The van der Waals surface area contributed by atoms with Gasteiger partial charge in [-0.3, -0.25) is 0 Å². The predicted octanol–water partition coefficient (Wildman–Crippen LogP) is 6.28. The molecule has 0 aliphatic carbocycles. The highest BCUT2D eigenvalue weighted by atomic mass is 16.5. The van der Waals surface area contributed by atoms with Gasteiger partial charge in [0.05, 0.1) is 7.11 Å². The Kier molecular flexibility index (Phi) is 7.30. The quantitative estimate of drug-likeness (QED) is 0.316. The largest absolute Gasteiger partial charge is 0.493 e. The first-order valence-corrected chi connectivity index (χ1v) is 12.1. The molecule has 0 radical (unpaired) electrons. The van der Waals surface area contributed by atoms with Gasteiger partial charge >= 0.3 is 0 Å². The van der Waals surface area contributed by atoms with E-state index in [0.29, 0.717) is 13.2 Å². The van der Waals surface area contributed by atoms with E-state index in [0.717, 1.165) is 42.2 Å². The van der Waals surface area contributed by atoms with Gasteiger partial charge in [-0.05, 0) is 71.5 Å². The van der Waals surface area contributed by atoms with Crippen molar-refractivity contribution in [3.8, 4) is 17.2 Å². The molecule has 0 saturated heterocycles. The van der Waals surface area contributed by atoms with E-state index in [1.807, 2.05) is 36.4 Å². The Morgan fingerprint density at radius 3 is 2.03 bits per heavy atom. The van der Waals surface area contributed by atoms with Crippen molar-refractivity contribution in [3.63, 3.8) is 0 Å². The summed E-state index contributed by atoms with van der Waals surface area (Å²) in [6, 6.07) is 33.4. The second-order valence-electron chi connectivity index (χ2n) is 8.86. The summed E-state index contributed by atoms with van der Waals surface area (Å²) in [6.45, 7) is 2.03. The molecule has 1 aliphatic heterocycles. The number of fused-ring (bicyclic) bond motifs is 1. The van der Waals surface area contributed by atoms with Crippen molar-refractivity contribution < 1.29 is 14.2 Å². The van der Waals surface area contributed by atoms with Crippen molar-refractivity contribution in [2.24, 2.45) is 0 Å². The van der Waals surface area contributed by atoms with Crippen LogP contribution in [0.15, 0.2) is 97.1 Å². The lowest BCUT2D eigenvalue weighted by molar-refractivity contribution is 0.283. The number of ether oxygens (including phenoxy) is 3. The predicted molar refractivity (Wildman–Crippen MR) is 139 cm³/mol. The van der Waals surface area contributed by atoms with E-state index in [-0.39, 0.29) is 6.04 Å². The van der Waals surface area contributed by atoms with E-state index in [2.05, 4.69) is 66.0 Å². The van der Waals surface area contributed by atoms with Crippen molar-refractivity contribution in [2.75, 3.05) is 13.7 Å². The van der Waals surface area contributed by atoms with Gasteiger partial charge in [0.2, 0.25) is 0 Å². The highest BCUT2D eigenvalue weighted by Gasteiger charge is 2.23. The molecule has 1 aliphatic rings. The summed E-state index contributed by atoms with van der Waals surface area (Å²) in [7, 11) is 1.71. The smallest absolute Gasteiger partial charge is 0.162 e. The molecule has 0 amide bonds. The van der Waals surface area contributed by atoms with Crippen molar-refractivity contribution in [3.05, 3.63) is 125 Å². The van der Waals surface area contributed by atoms with Gasteiger partial charge in [0.15, 0.2) is 11.5 Å². The van der Waals surface area contributed by atoms with Crippen LogP contribution in [-0.4, -0.2) is 13.7 Å². The lowest BCUT2D eigenvalue weighted by Crippen LogP contribution is -2.31. The first kappa shape index (κ1) is 23.0. The number of rotatable bonds is 9. The topological polar surface area (TPSA) is 39.7 Å². The summed E-state index contributed by atoms with van der Waals surface area (Å²) in [4.78, 5) is 0. The third-order valence-corrected chi connectivity index (χ3v) is 6.43. The van der Waals surface area contributed by atoms with Gasteiger partial charge in [-0.25, -0.2) is 0 Å².